The van der Waals surface area contributed by atoms with E-state index in [0.717, 1.165) is 12.8 Å². The van der Waals surface area contributed by atoms with Gasteiger partial charge in [-0.2, -0.15) is 5.26 Å². The van der Waals surface area contributed by atoms with Gasteiger partial charge in [-0.25, -0.2) is 4.79 Å². The number of nitriles is 1. The molecule has 0 aromatic heterocycles. The summed E-state index contributed by atoms with van der Waals surface area (Å²) in [6, 6.07) is 1.84. The van der Waals surface area contributed by atoms with Crippen LogP contribution in [0.2, 0.25) is 0 Å². The predicted octanol–water partition coefficient (Wildman–Crippen LogP) is 2.55. The minimum atomic E-state index is -0.500. The minimum absolute atomic E-state index is 0.335. The maximum absolute atomic E-state index is 11.8. The molecule has 0 saturated carbocycles. The number of rotatable bonds is 0. The molecule has 1 aliphatic heterocycles. The molecule has 1 heterocycles. The number of nitrogens with zero attached hydrogens (tertiary/aromatic N) is 2. The first-order valence-corrected chi connectivity index (χ1v) is 5.72. The third-order valence-electron chi connectivity index (χ3n) is 2.64. The fourth-order valence-corrected chi connectivity index (χ4v) is 1.80. The van der Waals surface area contributed by atoms with Gasteiger partial charge in [0.15, 0.2) is 0 Å². The van der Waals surface area contributed by atoms with Crippen LogP contribution in [-0.2, 0) is 4.74 Å². The first kappa shape index (κ1) is 12.8. The van der Waals surface area contributed by atoms with E-state index >= 15 is 0 Å². The van der Waals surface area contributed by atoms with Crippen LogP contribution < -0.4 is 0 Å². The van der Waals surface area contributed by atoms with Gasteiger partial charge in [-0.15, -0.1) is 0 Å². The lowest BCUT2D eigenvalue weighted by Gasteiger charge is -2.35. The van der Waals surface area contributed by atoms with E-state index in [9.17, 15) is 4.79 Å². The topological polar surface area (TPSA) is 53.3 Å². The molecule has 4 nitrogen and oxygen atoms in total. The summed E-state index contributed by atoms with van der Waals surface area (Å²) in [7, 11) is 0. The zero-order valence-corrected chi connectivity index (χ0v) is 10.5. The highest BCUT2D eigenvalue weighted by Gasteiger charge is 2.32. The highest BCUT2D eigenvalue weighted by molar-refractivity contribution is 5.69. The molecule has 1 saturated heterocycles. The smallest absolute Gasteiger partial charge is 0.411 e. The number of amides is 1. The van der Waals surface area contributed by atoms with Crippen molar-refractivity contribution in [3.8, 4) is 6.07 Å². The van der Waals surface area contributed by atoms with Crippen molar-refractivity contribution in [3.05, 3.63) is 0 Å². The van der Waals surface area contributed by atoms with Gasteiger partial charge in [-0.05, 0) is 39.5 Å². The van der Waals surface area contributed by atoms with Crippen LogP contribution in [-0.4, -0.2) is 29.2 Å². The number of hydrogen-bond donors (Lipinski definition) is 0. The Balaban J connectivity index is 2.65. The molecule has 4 heteroatoms. The summed E-state index contributed by atoms with van der Waals surface area (Å²) in [5.41, 5.74) is -0.500. The summed E-state index contributed by atoms with van der Waals surface area (Å²) in [5.74, 6) is 0.503. The maximum atomic E-state index is 11.8. The van der Waals surface area contributed by atoms with Crippen molar-refractivity contribution >= 4 is 6.09 Å². The Hall–Kier alpha value is -1.24. The van der Waals surface area contributed by atoms with Crippen LogP contribution in [0.1, 0.15) is 40.5 Å². The molecule has 1 amide bonds. The van der Waals surface area contributed by atoms with Crippen LogP contribution in [0.4, 0.5) is 4.79 Å². The SMILES string of the molecule is CC1CCN(C(=O)OC(C)(C)C)C(C#N)C1. The van der Waals surface area contributed by atoms with E-state index in [1.165, 1.54) is 0 Å². The molecule has 0 aliphatic carbocycles. The lowest BCUT2D eigenvalue weighted by molar-refractivity contribution is 0.0122. The van der Waals surface area contributed by atoms with Crippen LogP contribution in [0.3, 0.4) is 0 Å². The zero-order chi connectivity index (χ0) is 12.3. The van der Waals surface area contributed by atoms with Crippen molar-refractivity contribution < 1.29 is 9.53 Å². The van der Waals surface area contributed by atoms with Gasteiger partial charge in [0, 0.05) is 6.54 Å². The Morgan fingerprint density at radius 2 is 2.12 bits per heavy atom. The summed E-state index contributed by atoms with van der Waals surface area (Å²) < 4.78 is 5.28. The Kier molecular flexibility index (Phi) is 3.79. The van der Waals surface area contributed by atoms with Crippen LogP contribution in [0.15, 0.2) is 0 Å². The molecule has 1 rings (SSSR count). The number of likely N-dealkylation sites (tertiary alicyclic amines) is 1. The fourth-order valence-electron chi connectivity index (χ4n) is 1.80. The average Bonchev–Trinajstić information content (AvgIpc) is 2.14. The largest absolute Gasteiger partial charge is 0.444 e. The van der Waals surface area contributed by atoms with E-state index in [1.54, 1.807) is 4.90 Å². The Morgan fingerprint density at radius 3 is 2.62 bits per heavy atom. The second kappa shape index (κ2) is 4.73. The normalized spacial score (nSPS) is 26.1. The molecule has 1 fully saturated rings. The molecule has 0 bridgehead atoms. The summed E-state index contributed by atoms with van der Waals surface area (Å²) in [6.07, 6.45) is 1.32. The lowest BCUT2D eigenvalue weighted by Crippen LogP contribution is -2.47. The highest BCUT2D eigenvalue weighted by Crippen LogP contribution is 2.23. The van der Waals surface area contributed by atoms with Gasteiger partial charge in [0.05, 0.1) is 6.07 Å². The Morgan fingerprint density at radius 1 is 1.50 bits per heavy atom. The Labute approximate surface area is 97.2 Å². The molecule has 2 atom stereocenters. The fraction of sp³-hybridized carbons (Fsp3) is 0.833. The number of carbonyl (C=O) groups is 1. The predicted molar refractivity (Wildman–Crippen MR) is 60.7 cm³/mol. The van der Waals surface area contributed by atoms with Gasteiger partial charge in [-0.3, -0.25) is 4.90 Å². The summed E-state index contributed by atoms with van der Waals surface area (Å²) in [4.78, 5) is 13.4. The molecule has 0 spiro atoms. The number of ether oxygens (including phenoxy) is 1. The number of hydrogen-bond acceptors (Lipinski definition) is 3. The number of carbonyl (C=O) groups excluding carboxylic acids is 1. The Bertz CT molecular complexity index is 301. The van der Waals surface area contributed by atoms with Gasteiger partial charge < -0.3 is 4.74 Å². The van der Waals surface area contributed by atoms with Crippen molar-refractivity contribution in [2.75, 3.05) is 6.54 Å². The maximum Gasteiger partial charge on any atom is 0.411 e. The highest BCUT2D eigenvalue weighted by atomic mass is 16.6. The van der Waals surface area contributed by atoms with Crippen LogP contribution in [0.25, 0.3) is 0 Å². The molecule has 0 radical (unpaired) electrons. The van der Waals surface area contributed by atoms with Crippen molar-refractivity contribution in [1.82, 2.24) is 4.90 Å². The molecule has 2 unspecified atom stereocenters. The van der Waals surface area contributed by atoms with Crippen molar-refractivity contribution in [3.63, 3.8) is 0 Å². The summed E-state index contributed by atoms with van der Waals surface area (Å²) in [6.45, 7) is 8.22. The van der Waals surface area contributed by atoms with Gasteiger partial charge in [0.25, 0.3) is 0 Å². The van der Waals surface area contributed by atoms with Gasteiger partial charge >= 0.3 is 6.09 Å². The van der Waals surface area contributed by atoms with E-state index in [0.29, 0.717) is 12.5 Å². The zero-order valence-electron chi connectivity index (χ0n) is 10.5. The third kappa shape index (κ3) is 3.41. The van der Waals surface area contributed by atoms with Gasteiger partial charge in [0.2, 0.25) is 0 Å². The van der Waals surface area contributed by atoms with E-state index in [2.05, 4.69) is 13.0 Å². The molecule has 90 valence electrons. The van der Waals surface area contributed by atoms with E-state index in [1.807, 2.05) is 20.8 Å². The van der Waals surface area contributed by atoms with Crippen LogP contribution in [0, 0.1) is 17.2 Å². The first-order valence-electron chi connectivity index (χ1n) is 5.72. The van der Waals surface area contributed by atoms with Crippen LogP contribution >= 0.6 is 0 Å². The van der Waals surface area contributed by atoms with E-state index in [-0.39, 0.29) is 12.1 Å². The van der Waals surface area contributed by atoms with Crippen molar-refractivity contribution in [2.24, 2.45) is 5.92 Å². The third-order valence-corrected chi connectivity index (χ3v) is 2.64. The van der Waals surface area contributed by atoms with Gasteiger partial charge in [0.1, 0.15) is 11.6 Å². The molecular weight excluding hydrogens is 204 g/mol. The molecule has 0 aromatic carbocycles. The summed E-state index contributed by atoms with van der Waals surface area (Å²) >= 11 is 0. The quantitative estimate of drug-likeness (QED) is 0.635. The van der Waals surface area contributed by atoms with Crippen molar-refractivity contribution in [1.29, 1.82) is 5.26 Å². The molecular formula is C12H20N2O2. The van der Waals surface area contributed by atoms with Crippen LogP contribution in [0.5, 0.6) is 0 Å². The average molecular weight is 224 g/mol. The lowest BCUT2D eigenvalue weighted by atomic mass is 9.93. The van der Waals surface area contributed by atoms with Crippen molar-refractivity contribution in [2.45, 2.75) is 52.2 Å². The first-order chi connectivity index (χ1) is 7.33. The molecule has 1 aliphatic rings. The van der Waals surface area contributed by atoms with E-state index in [4.69, 9.17) is 10.00 Å². The minimum Gasteiger partial charge on any atom is -0.444 e. The standard InChI is InChI=1S/C12H20N2O2/c1-9-5-6-14(10(7-9)8-13)11(15)16-12(2,3)4/h9-10H,5-7H2,1-4H3. The molecule has 0 aromatic rings. The monoisotopic (exact) mass is 224 g/mol. The second-order valence-electron chi connectivity index (χ2n) is 5.45. The summed E-state index contributed by atoms with van der Waals surface area (Å²) in [5, 5.41) is 9.03. The second-order valence-corrected chi connectivity index (χ2v) is 5.45. The van der Waals surface area contributed by atoms with Gasteiger partial charge in [-0.1, -0.05) is 6.92 Å². The van der Waals surface area contributed by atoms with E-state index < -0.39 is 5.60 Å². The molecule has 16 heavy (non-hydrogen) atoms. The molecule has 0 N–H and O–H groups in total. The number of piperidine rings is 1.